The lowest BCUT2D eigenvalue weighted by Crippen LogP contribution is -2.32. The number of benzene rings is 2. The molecule has 1 amide bonds. The van der Waals surface area contributed by atoms with Gasteiger partial charge < -0.3 is 10.1 Å². The lowest BCUT2D eigenvalue weighted by atomic mass is 10.2. The van der Waals surface area contributed by atoms with Gasteiger partial charge in [-0.25, -0.2) is 0 Å². The highest BCUT2D eigenvalue weighted by molar-refractivity contribution is 7.80. The highest BCUT2D eigenvalue weighted by Gasteiger charge is 2.12. The standard InChI is InChI=1S/C22H20N6O2S2/c1-3-18-25-26-22-28(18)27-20(32-22)15-5-4-6-16(13-15)23-21(31)24-19(29)12-9-14-7-10-17(30-2)11-8-14/h4-13H,3H2,1-2H3,(H2,23,24,29,31)/b12-9+. The number of aryl methyl sites for hydroxylation is 1. The number of methoxy groups -OCH3 is 1. The molecule has 0 aliphatic rings. The first-order valence-corrected chi connectivity index (χ1v) is 11.0. The zero-order chi connectivity index (χ0) is 22.5. The number of ether oxygens (including phenoxy) is 1. The first kappa shape index (κ1) is 21.6. The molecule has 32 heavy (non-hydrogen) atoms. The Labute approximate surface area is 193 Å². The molecule has 0 atom stereocenters. The fourth-order valence-electron chi connectivity index (χ4n) is 2.93. The minimum atomic E-state index is -0.324. The maximum Gasteiger partial charge on any atom is 0.250 e. The second-order valence-corrected chi connectivity index (χ2v) is 8.07. The number of aromatic nitrogens is 4. The summed E-state index contributed by atoms with van der Waals surface area (Å²) in [6, 6.07) is 15.0. The van der Waals surface area contributed by atoms with Gasteiger partial charge in [0.25, 0.3) is 0 Å². The quantitative estimate of drug-likeness (QED) is 0.330. The third-order valence-electron chi connectivity index (χ3n) is 4.52. The molecule has 0 bridgehead atoms. The smallest absolute Gasteiger partial charge is 0.250 e. The molecule has 2 N–H and O–H groups in total. The average Bonchev–Trinajstić information content (AvgIpc) is 3.39. The molecule has 0 spiro atoms. The van der Waals surface area contributed by atoms with E-state index < -0.39 is 0 Å². The van der Waals surface area contributed by atoms with Crippen molar-refractivity contribution in [3.63, 3.8) is 0 Å². The third kappa shape index (κ3) is 4.98. The molecule has 0 saturated heterocycles. The highest BCUT2D eigenvalue weighted by atomic mass is 32.1. The molecule has 0 unspecified atom stereocenters. The summed E-state index contributed by atoms with van der Waals surface area (Å²) in [7, 11) is 1.61. The van der Waals surface area contributed by atoms with Gasteiger partial charge in [-0.05, 0) is 48.1 Å². The Bertz CT molecular complexity index is 1290. The summed E-state index contributed by atoms with van der Waals surface area (Å²) in [6.07, 6.45) is 3.89. The molecule has 4 aromatic rings. The summed E-state index contributed by atoms with van der Waals surface area (Å²) in [4.78, 5) is 12.9. The number of carbonyl (C=O) groups is 1. The Balaban J connectivity index is 1.39. The molecular weight excluding hydrogens is 444 g/mol. The number of thiocarbonyl (C=S) groups is 1. The van der Waals surface area contributed by atoms with E-state index in [9.17, 15) is 4.79 Å². The zero-order valence-corrected chi connectivity index (χ0v) is 19.0. The Morgan fingerprint density at radius 2 is 2.03 bits per heavy atom. The van der Waals surface area contributed by atoms with Gasteiger partial charge in [-0.3, -0.25) is 10.1 Å². The number of nitrogens with one attached hydrogen (secondary N) is 2. The second kappa shape index (κ2) is 9.67. The molecule has 0 radical (unpaired) electrons. The van der Waals surface area contributed by atoms with Crippen LogP contribution in [0, 0.1) is 0 Å². The number of hydrogen-bond donors (Lipinski definition) is 2. The third-order valence-corrected chi connectivity index (χ3v) is 5.67. The van der Waals surface area contributed by atoms with Crippen molar-refractivity contribution in [2.45, 2.75) is 13.3 Å². The predicted molar refractivity (Wildman–Crippen MR) is 130 cm³/mol. The van der Waals surface area contributed by atoms with E-state index in [1.54, 1.807) is 17.7 Å². The van der Waals surface area contributed by atoms with Gasteiger partial charge in [-0.15, -0.1) is 10.2 Å². The normalized spacial score (nSPS) is 11.1. The molecule has 8 nitrogen and oxygen atoms in total. The van der Waals surface area contributed by atoms with E-state index in [-0.39, 0.29) is 11.0 Å². The van der Waals surface area contributed by atoms with Gasteiger partial charge in [0.1, 0.15) is 10.8 Å². The summed E-state index contributed by atoms with van der Waals surface area (Å²) < 4.78 is 6.89. The summed E-state index contributed by atoms with van der Waals surface area (Å²) in [5, 5.41) is 19.6. The second-order valence-electron chi connectivity index (χ2n) is 6.70. The fraction of sp³-hybridized carbons (Fsp3) is 0.136. The van der Waals surface area contributed by atoms with Crippen LogP contribution in [-0.2, 0) is 11.2 Å². The summed E-state index contributed by atoms with van der Waals surface area (Å²) in [6.45, 7) is 2.02. The van der Waals surface area contributed by atoms with Crippen LogP contribution in [0.5, 0.6) is 5.75 Å². The summed E-state index contributed by atoms with van der Waals surface area (Å²) >= 11 is 6.74. The summed E-state index contributed by atoms with van der Waals surface area (Å²) in [5.41, 5.74) is 2.54. The molecule has 10 heteroatoms. The van der Waals surface area contributed by atoms with Crippen molar-refractivity contribution >= 4 is 51.3 Å². The van der Waals surface area contributed by atoms with E-state index in [2.05, 4.69) is 25.9 Å². The van der Waals surface area contributed by atoms with Crippen molar-refractivity contribution in [3.8, 4) is 16.3 Å². The molecule has 0 aliphatic heterocycles. The number of carbonyl (C=O) groups excluding carboxylic acids is 1. The van der Waals surface area contributed by atoms with Gasteiger partial charge in [0.05, 0.1) is 7.11 Å². The van der Waals surface area contributed by atoms with E-state index >= 15 is 0 Å². The molecule has 2 aromatic carbocycles. The minimum Gasteiger partial charge on any atom is -0.497 e. The Morgan fingerprint density at radius 1 is 1.22 bits per heavy atom. The number of fused-ring (bicyclic) bond motifs is 1. The maximum atomic E-state index is 12.2. The van der Waals surface area contributed by atoms with E-state index in [1.807, 2.05) is 55.5 Å². The van der Waals surface area contributed by atoms with Gasteiger partial charge in [0.15, 0.2) is 10.9 Å². The molecule has 2 aromatic heterocycles. The van der Waals surface area contributed by atoms with E-state index in [4.69, 9.17) is 17.0 Å². The maximum absolute atomic E-state index is 12.2. The van der Waals surface area contributed by atoms with Gasteiger partial charge in [0.2, 0.25) is 10.9 Å². The summed E-state index contributed by atoms with van der Waals surface area (Å²) in [5.74, 6) is 1.26. The number of amides is 1. The van der Waals surface area contributed by atoms with Crippen LogP contribution in [0.2, 0.25) is 0 Å². The number of nitrogens with zero attached hydrogens (tertiary/aromatic N) is 4. The van der Waals surface area contributed by atoms with Crippen LogP contribution in [0.3, 0.4) is 0 Å². The van der Waals surface area contributed by atoms with Gasteiger partial charge in [0, 0.05) is 23.7 Å². The Kier molecular flexibility index (Phi) is 6.52. The zero-order valence-electron chi connectivity index (χ0n) is 17.4. The lowest BCUT2D eigenvalue weighted by Gasteiger charge is -2.09. The fourth-order valence-corrected chi connectivity index (χ4v) is 4.00. The molecular formula is C22H20N6O2S2. The first-order chi connectivity index (χ1) is 15.6. The minimum absolute atomic E-state index is 0.206. The van der Waals surface area contributed by atoms with Crippen molar-refractivity contribution in [1.82, 2.24) is 25.1 Å². The van der Waals surface area contributed by atoms with Crippen LogP contribution in [0.1, 0.15) is 18.3 Å². The van der Waals surface area contributed by atoms with Crippen LogP contribution in [-0.4, -0.2) is 37.9 Å². The SMILES string of the molecule is CCc1nnc2sc(-c3cccc(NC(=S)NC(=O)/C=C/c4ccc(OC)cc4)c3)nn12. The Morgan fingerprint density at radius 3 is 2.78 bits per heavy atom. The number of hydrogen-bond acceptors (Lipinski definition) is 7. The predicted octanol–water partition coefficient (Wildman–Crippen LogP) is 3.95. The van der Waals surface area contributed by atoms with Crippen LogP contribution in [0.15, 0.2) is 54.6 Å². The number of anilines is 1. The molecule has 0 fully saturated rings. The van der Waals surface area contributed by atoms with Crippen molar-refractivity contribution in [1.29, 1.82) is 0 Å². The average molecular weight is 465 g/mol. The van der Waals surface area contributed by atoms with Crippen LogP contribution >= 0.6 is 23.6 Å². The van der Waals surface area contributed by atoms with Crippen molar-refractivity contribution in [2.24, 2.45) is 0 Å². The van der Waals surface area contributed by atoms with Gasteiger partial charge >= 0.3 is 0 Å². The lowest BCUT2D eigenvalue weighted by molar-refractivity contribution is -0.115. The highest BCUT2D eigenvalue weighted by Crippen LogP contribution is 2.27. The van der Waals surface area contributed by atoms with Crippen molar-refractivity contribution < 1.29 is 9.53 Å². The monoisotopic (exact) mass is 464 g/mol. The molecule has 2 heterocycles. The molecule has 0 aliphatic carbocycles. The van der Waals surface area contributed by atoms with Crippen LogP contribution in [0.4, 0.5) is 5.69 Å². The van der Waals surface area contributed by atoms with Gasteiger partial charge in [-0.2, -0.15) is 9.61 Å². The first-order valence-electron chi connectivity index (χ1n) is 9.81. The van der Waals surface area contributed by atoms with Gasteiger partial charge in [-0.1, -0.05) is 42.5 Å². The van der Waals surface area contributed by atoms with Crippen molar-refractivity contribution in [3.05, 3.63) is 66.0 Å². The Hall–Kier alpha value is -3.63. The van der Waals surface area contributed by atoms with Crippen molar-refractivity contribution in [2.75, 3.05) is 12.4 Å². The van der Waals surface area contributed by atoms with E-state index in [1.165, 1.54) is 17.4 Å². The molecule has 4 rings (SSSR count). The van der Waals surface area contributed by atoms with E-state index in [0.717, 1.165) is 44.8 Å². The van der Waals surface area contributed by atoms with E-state index in [0.29, 0.717) is 0 Å². The number of rotatable bonds is 6. The van der Waals surface area contributed by atoms with Crippen LogP contribution in [0.25, 0.3) is 21.6 Å². The largest absolute Gasteiger partial charge is 0.497 e. The van der Waals surface area contributed by atoms with Crippen LogP contribution < -0.4 is 15.4 Å². The topological polar surface area (TPSA) is 93.4 Å². The molecule has 162 valence electrons. The molecule has 0 saturated carbocycles.